The van der Waals surface area contributed by atoms with Crippen LogP contribution in [0.5, 0.6) is 0 Å². The van der Waals surface area contributed by atoms with E-state index in [2.05, 4.69) is 97.3 Å². The molecule has 45 heavy (non-hydrogen) atoms. The van der Waals surface area contributed by atoms with Gasteiger partial charge in [-0.3, -0.25) is 0 Å². The molecule has 1 aliphatic rings. The fraction of sp³-hybridized carbons (Fsp3) is 0.0732. The van der Waals surface area contributed by atoms with Crippen molar-refractivity contribution in [3.05, 3.63) is 138 Å². The average molecular weight is 576 g/mol. The molecule has 6 aromatic carbocycles. The maximum atomic E-state index is 10.4. The average Bonchev–Trinajstić information content (AvgIpc) is 3.69. The summed E-state index contributed by atoms with van der Waals surface area (Å²) in [6.07, 6.45) is 0. The Balaban J connectivity index is 1.32. The second kappa shape index (κ2) is 8.96. The quantitative estimate of drug-likeness (QED) is 0.206. The minimum absolute atomic E-state index is 0.190. The molecule has 9 rings (SSSR count). The molecule has 0 spiro atoms. The summed E-state index contributed by atoms with van der Waals surface area (Å²) in [5.41, 5.74) is 12.5. The standard InChI is InChI=1S/C41H25N3O/c1-41(2)33-11-5-3-9-27(33)29-16-17-30-32-21-25(15-19-37(32)45-40(30)39(29)41)38-26(23-43)8-7-13-36(38)44-34-12-6-4-10-28(34)31-20-24(22-42)14-18-35(31)44/h3-21H,1-2H3. The lowest BCUT2D eigenvalue weighted by molar-refractivity contribution is 0.620. The largest absolute Gasteiger partial charge is 0.456 e. The second-order valence-electron chi connectivity index (χ2n) is 12.4. The van der Waals surface area contributed by atoms with Gasteiger partial charge in [0.2, 0.25) is 0 Å². The zero-order chi connectivity index (χ0) is 30.4. The SMILES string of the molecule is CC1(C)c2ccccc2-c2ccc3c(oc4ccc(-c5c(C#N)cccc5-n5c6ccccc6c6cc(C#N)ccc65)cc43)c21. The first-order valence-electron chi connectivity index (χ1n) is 15.1. The van der Waals surface area contributed by atoms with Crippen LogP contribution in [-0.2, 0) is 5.41 Å². The van der Waals surface area contributed by atoms with Crippen LogP contribution < -0.4 is 0 Å². The zero-order valence-corrected chi connectivity index (χ0v) is 24.7. The molecule has 210 valence electrons. The number of furan rings is 1. The third kappa shape index (κ3) is 3.34. The Kier molecular flexibility index (Phi) is 5.06. The minimum atomic E-state index is -0.190. The van der Waals surface area contributed by atoms with Gasteiger partial charge in [0.15, 0.2) is 0 Å². The predicted octanol–water partition coefficient (Wildman–Crippen LogP) is 10.4. The number of nitrogens with zero attached hydrogens (tertiary/aromatic N) is 3. The molecule has 0 atom stereocenters. The number of fused-ring (bicyclic) bond motifs is 10. The number of aromatic nitrogens is 1. The van der Waals surface area contributed by atoms with Gasteiger partial charge >= 0.3 is 0 Å². The molecule has 0 radical (unpaired) electrons. The Bertz CT molecular complexity index is 2650. The minimum Gasteiger partial charge on any atom is -0.456 e. The molecule has 8 aromatic rings. The van der Waals surface area contributed by atoms with Gasteiger partial charge < -0.3 is 8.98 Å². The third-order valence-electron chi connectivity index (χ3n) is 9.65. The molecule has 4 nitrogen and oxygen atoms in total. The normalized spacial score (nSPS) is 13.2. The first kappa shape index (κ1) is 25.4. The molecule has 0 unspecified atom stereocenters. The van der Waals surface area contributed by atoms with Gasteiger partial charge in [-0.15, -0.1) is 0 Å². The van der Waals surface area contributed by atoms with Crippen molar-refractivity contribution in [2.45, 2.75) is 19.3 Å². The van der Waals surface area contributed by atoms with E-state index in [0.29, 0.717) is 11.1 Å². The van der Waals surface area contributed by atoms with Crippen molar-refractivity contribution in [1.82, 2.24) is 4.57 Å². The summed E-state index contributed by atoms with van der Waals surface area (Å²) in [6.45, 7) is 4.55. The Morgan fingerprint density at radius 3 is 2.33 bits per heavy atom. The lowest BCUT2D eigenvalue weighted by Gasteiger charge is -2.21. The fourth-order valence-electron chi connectivity index (χ4n) is 7.66. The lowest BCUT2D eigenvalue weighted by Crippen LogP contribution is -2.15. The number of hydrogen-bond acceptors (Lipinski definition) is 3. The van der Waals surface area contributed by atoms with Gasteiger partial charge in [0.25, 0.3) is 0 Å². The highest BCUT2D eigenvalue weighted by molar-refractivity contribution is 6.12. The van der Waals surface area contributed by atoms with E-state index in [0.717, 1.165) is 60.6 Å². The molecular weight excluding hydrogens is 550 g/mol. The van der Waals surface area contributed by atoms with Crippen LogP contribution in [0, 0.1) is 22.7 Å². The van der Waals surface area contributed by atoms with Crippen LogP contribution in [0.25, 0.3) is 71.7 Å². The van der Waals surface area contributed by atoms with Gasteiger partial charge in [-0.25, -0.2) is 0 Å². The monoisotopic (exact) mass is 575 g/mol. The summed E-state index contributed by atoms with van der Waals surface area (Å²) in [4.78, 5) is 0. The Hall–Kier alpha value is -6.10. The van der Waals surface area contributed by atoms with Crippen molar-refractivity contribution in [2.75, 3.05) is 0 Å². The van der Waals surface area contributed by atoms with E-state index >= 15 is 0 Å². The second-order valence-corrected chi connectivity index (χ2v) is 12.4. The van der Waals surface area contributed by atoms with Crippen molar-refractivity contribution >= 4 is 43.7 Å². The van der Waals surface area contributed by atoms with Crippen LogP contribution in [0.2, 0.25) is 0 Å². The summed E-state index contributed by atoms with van der Waals surface area (Å²) < 4.78 is 8.87. The van der Waals surface area contributed by atoms with Crippen molar-refractivity contribution in [2.24, 2.45) is 0 Å². The van der Waals surface area contributed by atoms with E-state index in [9.17, 15) is 10.5 Å². The van der Waals surface area contributed by atoms with Crippen molar-refractivity contribution in [1.29, 1.82) is 10.5 Å². The highest BCUT2D eigenvalue weighted by atomic mass is 16.3. The first-order chi connectivity index (χ1) is 22.0. The van der Waals surface area contributed by atoms with Crippen molar-refractivity contribution < 1.29 is 4.42 Å². The molecule has 2 heterocycles. The molecule has 0 bridgehead atoms. The van der Waals surface area contributed by atoms with Crippen molar-refractivity contribution in [3.63, 3.8) is 0 Å². The molecule has 2 aromatic heterocycles. The van der Waals surface area contributed by atoms with Gasteiger partial charge in [-0.1, -0.05) is 74.5 Å². The molecule has 0 N–H and O–H groups in total. The Morgan fingerprint density at radius 2 is 1.47 bits per heavy atom. The number of hydrogen-bond donors (Lipinski definition) is 0. The maximum absolute atomic E-state index is 10.4. The van der Waals surface area contributed by atoms with Crippen molar-refractivity contribution in [3.8, 4) is 40.1 Å². The fourth-order valence-corrected chi connectivity index (χ4v) is 7.66. The van der Waals surface area contributed by atoms with Crippen LogP contribution in [0.1, 0.15) is 36.1 Å². The summed E-state index contributed by atoms with van der Waals surface area (Å²) in [6, 6.07) is 44.0. The molecule has 0 fully saturated rings. The van der Waals surface area contributed by atoms with E-state index in [-0.39, 0.29) is 5.41 Å². The van der Waals surface area contributed by atoms with Crippen LogP contribution in [0.15, 0.2) is 120 Å². The van der Waals surface area contributed by atoms with Crippen LogP contribution in [0.3, 0.4) is 0 Å². The molecule has 4 heteroatoms. The molecule has 0 amide bonds. The predicted molar refractivity (Wildman–Crippen MR) is 180 cm³/mol. The van der Waals surface area contributed by atoms with Gasteiger partial charge in [0, 0.05) is 38.1 Å². The number of para-hydroxylation sites is 1. The number of nitriles is 2. The molecule has 0 saturated carbocycles. The molecule has 0 aliphatic heterocycles. The lowest BCUT2D eigenvalue weighted by atomic mass is 9.82. The summed E-state index contributed by atoms with van der Waals surface area (Å²) in [7, 11) is 0. The number of rotatable bonds is 2. The molecule has 0 saturated heterocycles. The number of benzene rings is 6. The zero-order valence-electron chi connectivity index (χ0n) is 24.7. The third-order valence-corrected chi connectivity index (χ3v) is 9.65. The van der Waals surface area contributed by atoms with Gasteiger partial charge in [-0.2, -0.15) is 10.5 Å². The first-order valence-corrected chi connectivity index (χ1v) is 15.1. The van der Waals surface area contributed by atoms with Gasteiger partial charge in [-0.05, 0) is 76.9 Å². The maximum Gasteiger partial charge on any atom is 0.140 e. The van der Waals surface area contributed by atoms with Gasteiger partial charge in [0.05, 0.1) is 40.0 Å². The molecular formula is C41H25N3O. The van der Waals surface area contributed by atoms with E-state index in [4.69, 9.17) is 4.42 Å². The highest BCUT2D eigenvalue weighted by Gasteiger charge is 2.38. The topological polar surface area (TPSA) is 65.7 Å². The van der Waals surface area contributed by atoms with E-state index in [1.165, 1.54) is 22.3 Å². The Morgan fingerprint density at radius 1 is 0.644 bits per heavy atom. The summed E-state index contributed by atoms with van der Waals surface area (Å²) in [5, 5.41) is 24.2. The Labute approximate surface area is 259 Å². The molecule has 1 aliphatic carbocycles. The summed E-state index contributed by atoms with van der Waals surface area (Å²) >= 11 is 0. The van der Waals surface area contributed by atoms with Crippen LogP contribution in [0.4, 0.5) is 0 Å². The van der Waals surface area contributed by atoms with E-state index < -0.39 is 0 Å². The van der Waals surface area contributed by atoms with E-state index in [1.807, 2.05) is 48.5 Å². The summed E-state index contributed by atoms with van der Waals surface area (Å²) in [5.74, 6) is 0. The van der Waals surface area contributed by atoms with Gasteiger partial charge in [0.1, 0.15) is 11.2 Å². The smallest absolute Gasteiger partial charge is 0.140 e. The van der Waals surface area contributed by atoms with E-state index in [1.54, 1.807) is 0 Å². The van der Waals surface area contributed by atoms with Crippen LogP contribution in [-0.4, -0.2) is 4.57 Å². The highest BCUT2D eigenvalue weighted by Crippen LogP contribution is 2.52. The van der Waals surface area contributed by atoms with Crippen LogP contribution >= 0.6 is 0 Å².